The van der Waals surface area contributed by atoms with Crippen molar-refractivity contribution in [2.24, 2.45) is 0 Å². The number of rotatable bonds is 5. The van der Waals surface area contributed by atoms with Gasteiger partial charge in [-0.1, -0.05) is 0 Å². The first-order valence-electron chi connectivity index (χ1n) is 5.65. The van der Waals surface area contributed by atoms with Gasteiger partial charge in [-0.05, 0) is 12.1 Å². The van der Waals surface area contributed by atoms with Crippen molar-refractivity contribution in [1.82, 2.24) is 14.2 Å². The minimum absolute atomic E-state index is 0.0690. The third-order valence-electron chi connectivity index (χ3n) is 2.60. The van der Waals surface area contributed by atoms with Crippen LogP contribution in [0.3, 0.4) is 0 Å². The topological polar surface area (TPSA) is 107 Å². The summed E-state index contributed by atoms with van der Waals surface area (Å²) < 4.78 is 7.71. The maximum absolute atomic E-state index is 11.8. The Morgan fingerprint density at radius 3 is 2.68 bits per heavy atom. The minimum atomic E-state index is -0.565. The molecule has 0 saturated heterocycles. The molecule has 0 atom stereocenters. The SMILES string of the molecule is COCCn1c(N)c(Nn2cccc2)c(=O)[nH]c1=O. The molecule has 0 spiro atoms. The van der Waals surface area contributed by atoms with Gasteiger partial charge in [-0.15, -0.1) is 0 Å². The highest BCUT2D eigenvalue weighted by Gasteiger charge is 2.12. The van der Waals surface area contributed by atoms with E-state index >= 15 is 0 Å². The lowest BCUT2D eigenvalue weighted by Gasteiger charge is -2.13. The lowest BCUT2D eigenvalue weighted by atomic mass is 10.4. The van der Waals surface area contributed by atoms with E-state index in [2.05, 4.69) is 10.4 Å². The predicted octanol–water partition coefficient (Wildman–Crippen LogP) is -0.558. The van der Waals surface area contributed by atoms with Crippen molar-refractivity contribution < 1.29 is 4.74 Å². The lowest BCUT2D eigenvalue weighted by molar-refractivity contribution is 0.186. The number of aromatic amines is 1. The van der Waals surface area contributed by atoms with E-state index in [1.165, 1.54) is 11.7 Å². The molecule has 8 heteroatoms. The highest BCUT2D eigenvalue weighted by molar-refractivity contribution is 5.60. The average Bonchev–Trinajstić information content (AvgIpc) is 2.87. The summed E-state index contributed by atoms with van der Waals surface area (Å²) in [6.45, 7) is 0.581. The second-order valence-corrected chi connectivity index (χ2v) is 3.87. The maximum atomic E-state index is 11.8. The zero-order valence-corrected chi connectivity index (χ0v) is 10.4. The maximum Gasteiger partial charge on any atom is 0.330 e. The van der Waals surface area contributed by atoms with Crippen LogP contribution in [0.4, 0.5) is 11.5 Å². The molecular weight excluding hydrogens is 250 g/mol. The van der Waals surface area contributed by atoms with Crippen molar-refractivity contribution in [3.63, 3.8) is 0 Å². The number of methoxy groups -OCH3 is 1. The van der Waals surface area contributed by atoms with Gasteiger partial charge < -0.3 is 10.5 Å². The summed E-state index contributed by atoms with van der Waals surface area (Å²) >= 11 is 0. The van der Waals surface area contributed by atoms with Gasteiger partial charge in [0.05, 0.1) is 13.2 Å². The number of hydrogen-bond acceptors (Lipinski definition) is 5. The number of nitrogens with zero attached hydrogens (tertiary/aromatic N) is 2. The molecule has 0 saturated carbocycles. The molecule has 0 fully saturated rings. The molecule has 0 aliphatic carbocycles. The van der Waals surface area contributed by atoms with Crippen molar-refractivity contribution >= 4 is 11.5 Å². The van der Waals surface area contributed by atoms with Gasteiger partial charge >= 0.3 is 5.69 Å². The zero-order chi connectivity index (χ0) is 13.8. The normalized spacial score (nSPS) is 10.6. The molecule has 0 unspecified atom stereocenters. The molecule has 0 bridgehead atoms. The van der Waals surface area contributed by atoms with Gasteiger partial charge in [-0.2, -0.15) is 0 Å². The second kappa shape index (κ2) is 5.44. The highest BCUT2D eigenvalue weighted by atomic mass is 16.5. The quantitative estimate of drug-likeness (QED) is 0.672. The molecule has 0 amide bonds. The van der Waals surface area contributed by atoms with E-state index in [9.17, 15) is 9.59 Å². The van der Waals surface area contributed by atoms with Crippen LogP contribution in [-0.4, -0.2) is 27.9 Å². The summed E-state index contributed by atoms with van der Waals surface area (Å²) in [5, 5.41) is 0. The third kappa shape index (κ3) is 2.68. The van der Waals surface area contributed by atoms with Crippen LogP contribution >= 0.6 is 0 Å². The Morgan fingerprint density at radius 2 is 2.05 bits per heavy atom. The molecule has 102 valence electrons. The first kappa shape index (κ1) is 13.0. The largest absolute Gasteiger partial charge is 0.383 e. The standard InChI is InChI=1S/C11H15N5O3/c1-19-7-6-16-9(12)8(10(17)13-11(16)18)14-15-4-2-3-5-15/h2-5,14H,6-7,12H2,1H3,(H,13,17,18). The van der Waals surface area contributed by atoms with E-state index in [-0.39, 0.29) is 18.1 Å². The lowest BCUT2D eigenvalue weighted by Crippen LogP contribution is -2.35. The van der Waals surface area contributed by atoms with E-state index in [1.807, 2.05) is 0 Å². The molecule has 2 heterocycles. The van der Waals surface area contributed by atoms with Gasteiger partial charge in [0.2, 0.25) is 0 Å². The van der Waals surface area contributed by atoms with Crippen molar-refractivity contribution in [3.8, 4) is 0 Å². The van der Waals surface area contributed by atoms with Gasteiger partial charge in [0, 0.05) is 19.5 Å². The summed E-state index contributed by atoms with van der Waals surface area (Å²) in [7, 11) is 1.52. The predicted molar refractivity (Wildman–Crippen MR) is 71.1 cm³/mol. The summed E-state index contributed by atoms with van der Waals surface area (Å²) in [4.78, 5) is 25.6. The first-order valence-corrected chi connectivity index (χ1v) is 5.65. The fraction of sp³-hybridized carbons (Fsp3) is 0.273. The Balaban J connectivity index is 2.42. The number of nitrogens with two attached hydrogens (primary N) is 1. The number of anilines is 2. The summed E-state index contributed by atoms with van der Waals surface area (Å²) in [5.74, 6) is 0.0690. The van der Waals surface area contributed by atoms with E-state index in [0.29, 0.717) is 6.61 Å². The van der Waals surface area contributed by atoms with Crippen LogP contribution in [0.1, 0.15) is 0 Å². The van der Waals surface area contributed by atoms with Crippen molar-refractivity contribution in [2.45, 2.75) is 6.54 Å². The summed E-state index contributed by atoms with van der Waals surface area (Å²) in [6.07, 6.45) is 3.42. The summed E-state index contributed by atoms with van der Waals surface area (Å²) in [6, 6.07) is 3.58. The Labute approximate surface area is 108 Å². The molecule has 4 N–H and O–H groups in total. The van der Waals surface area contributed by atoms with Crippen LogP contribution in [0, 0.1) is 0 Å². The number of hydrogen-bond donors (Lipinski definition) is 3. The Bertz CT molecular complexity index is 656. The molecule has 0 aromatic carbocycles. The van der Waals surface area contributed by atoms with Crippen molar-refractivity contribution in [2.75, 3.05) is 24.9 Å². The van der Waals surface area contributed by atoms with Crippen LogP contribution in [0.25, 0.3) is 0 Å². The number of nitrogens with one attached hydrogen (secondary N) is 2. The van der Waals surface area contributed by atoms with Crippen LogP contribution in [-0.2, 0) is 11.3 Å². The molecule has 2 rings (SSSR count). The average molecular weight is 265 g/mol. The third-order valence-corrected chi connectivity index (χ3v) is 2.60. The highest BCUT2D eigenvalue weighted by Crippen LogP contribution is 2.10. The number of aromatic nitrogens is 3. The number of H-pyrrole nitrogens is 1. The molecule has 2 aromatic heterocycles. The molecule has 0 aliphatic heterocycles. The first-order chi connectivity index (χ1) is 9.13. The Morgan fingerprint density at radius 1 is 1.37 bits per heavy atom. The smallest absolute Gasteiger partial charge is 0.330 e. The van der Waals surface area contributed by atoms with Crippen molar-refractivity contribution in [1.29, 1.82) is 0 Å². The van der Waals surface area contributed by atoms with Gasteiger partial charge in [0.1, 0.15) is 5.82 Å². The molecule has 0 radical (unpaired) electrons. The minimum Gasteiger partial charge on any atom is -0.383 e. The monoisotopic (exact) mass is 265 g/mol. The molecule has 8 nitrogen and oxygen atoms in total. The van der Waals surface area contributed by atoms with E-state index in [4.69, 9.17) is 10.5 Å². The van der Waals surface area contributed by atoms with Crippen molar-refractivity contribution in [3.05, 3.63) is 45.4 Å². The summed E-state index contributed by atoms with van der Waals surface area (Å²) in [5.41, 5.74) is 7.66. The van der Waals surface area contributed by atoms with E-state index in [0.717, 1.165) is 0 Å². The Hall–Kier alpha value is -2.48. The van der Waals surface area contributed by atoms with E-state index < -0.39 is 11.2 Å². The molecule has 2 aromatic rings. The van der Waals surface area contributed by atoms with Crippen LogP contribution in [0.15, 0.2) is 34.1 Å². The van der Waals surface area contributed by atoms with Gasteiger partial charge in [-0.3, -0.25) is 24.4 Å². The van der Waals surface area contributed by atoms with Crippen LogP contribution in [0.5, 0.6) is 0 Å². The fourth-order valence-corrected chi connectivity index (χ4v) is 1.64. The van der Waals surface area contributed by atoms with E-state index in [1.54, 1.807) is 29.2 Å². The molecular formula is C11H15N5O3. The molecule has 0 aliphatic rings. The fourth-order valence-electron chi connectivity index (χ4n) is 1.64. The zero-order valence-electron chi connectivity index (χ0n) is 10.4. The number of nitrogen functional groups attached to an aromatic ring is 1. The van der Waals surface area contributed by atoms with Gasteiger partial charge in [0.25, 0.3) is 5.56 Å². The second-order valence-electron chi connectivity index (χ2n) is 3.87. The Kier molecular flexibility index (Phi) is 3.71. The van der Waals surface area contributed by atoms with Gasteiger partial charge in [0.15, 0.2) is 5.69 Å². The molecule has 19 heavy (non-hydrogen) atoms. The van der Waals surface area contributed by atoms with Crippen LogP contribution in [0.2, 0.25) is 0 Å². The van der Waals surface area contributed by atoms with Gasteiger partial charge in [-0.25, -0.2) is 4.79 Å². The number of ether oxygens (including phenoxy) is 1. The van der Waals surface area contributed by atoms with Crippen LogP contribution < -0.4 is 22.4 Å².